The Morgan fingerprint density at radius 2 is 0.600 bits per heavy atom. The zero-order valence-electron chi connectivity index (χ0n) is 20.3. The van der Waals surface area contributed by atoms with Crippen LogP contribution in [0.1, 0.15) is 136 Å². The molecule has 0 amide bonds. The van der Waals surface area contributed by atoms with E-state index in [9.17, 15) is 0 Å². The zero-order valence-corrected chi connectivity index (χ0v) is 30.4. The van der Waals surface area contributed by atoms with Gasteiger partial charge in [-0.15, -0.1) is 7.92 Å². The second kappa shape index (κ2) is 28.4. The molecule has 30 heavy (non-hydrogen) atoms. The molecule has 0 aromatic carbocycles. The molecule has 0 aromatic heterocycles. The van der Waals surface area contributed by atoms with Gasteiger partial charge in [0.05, 0.1) is 0 Å². The molecular weight excluding hydrogens is 758 g/mol. The summed E-state index contributed by atoms with van der Waals surface area (Å²) < 4.78 is 0. The first-order valence-electron chi connectivity index (χ1n) is 12.8. The topological polar surface area (TPSA) is 0 Å². The molecule has 0 aliphatic rings. The Balaban J connectivity index is 0. The van der Waals surface area contributed by atoms with Gasteiger partial charge in [-0.1, -0.05) is 117 Å². The van der Waals surface area contributed by atoms with Gasteiger partial charge in [-0.2, -0.15) is 0 Å². The summed E-state index contributed by atoms with van der Waals surface area (Å²) in [6, 6.07) is 0. The molecule has 184 valence electrons. The number of halogens is 4. The van der Waals surface area contributed by atoms with Gasteiger partial charge in [0.1, 0.15) is 0 Å². The molecule has 0 saturated carbocycles. The van der Waals surface area contributed by atoms with Crippen LogP contribution in [0.25, 0.3) is 0 Å². The third-order valence-corrected chi connectivity index (χ3v) is 8.33. The molecule has 0 fully saturated rings. The van der Waals surface area contributed by atoms with E-state index in [2.05, 4.69) is 71.6 Å². The van der Waals surface area contributed by atoms with Crippen molar-refractivity contribution in [1.82, 2.24) is 0 Å². The summed E-state index contributed by atoms with van der Waals surface area (Å²) in [5.41, 5.74) is 0. The van der Waals surface area contributed by atoms with Crippen LogP contribution in [0.3, 0.4) is 0 Å². The van der Waals surface area contributed by atoms with Crippen LogP contribution < -0.4 is 0 Å². The van der Waals surface area contributed by atoms with Crippen LogP contribution in [0.2, 0.25) is 0 Å². The Kier molecular flexibility index (Phi) is 33.4. The fourth-order valence-corrected chi connectivity index (χ4v) is 6.37. The van der Waals surface area contributed by atoms with E-state index < -0.39 is 9.49 Å². The molecular formula is C24H51Br4PSn. The van der Waals surface area contributed by atoms with Crippen LogP contribution in [0, 0.1) is 0 Å². The molecule has 0 saturated heterocycles. The van der Waals surface area contributed by atoms with Crippen molar-refractivity contribution in [1.29, 1.82) is 0 Å². The predicted molar refractivity (Wildman–Crippen MR) is 163 cm³/mol. The molecule has 0 aromatic rings. The number of hydrogen-bond acceptors (Lipinski definition) is 0. The van der Waals surface area contributed by atoms with Gasteiger partial charge in [0.2, 0.25) is 0 Å². The van der Waals surface area contributed by atoms with Crippen LogP contribution in [-0.4, -0.2) is 28.0 Å². The predicted octanol–water partition coefficient (Wildman–Crippen LogP) is 12.6. The maximum absolute atomic E-state index is 3.34. The molecule has 0 aliphatic carbocycles. The average Bonchev–Trinajstić information content (AvgIpc) is 2.68. The van der Waals surface area contributed by atoms with Crippen molar-refractivity contribution in [2.75, 3.05) is 18.5 Å². The van der Waals surface area contributed by atoms with Crippen LogP contribution in [0.5, 0.6) is 0 Å². The van der Waals surface area contributed by atoms with Gasteiger partial charge in [-0.3, -0.25) is 0 Å². The molecule has 0 N–H and O–H groups in total. The fourth-order valence-electron chi connectivity index (χ4n) is 3.68. The summed E-state index contributed by atoms with van der Waals surface area (Å²) in [4.78, 5) is 0. The van der Waals surface area contributed by atoms with Gasteiger partial charge in [-0.25, -0.2) is 0 Å². The molecule has 0 radical (unpaired) electrons. The standard InChI is InChI=1S/C24H51P.4BrH.Sn/c1-4-7-10-13-16-19-22-25(23-20-17-14-11-8-5-2)24-21-18-15-12-9-6-3;;;;;/h4-24H2,1-3H3;4*1H;/q;;;;;+4/p-4. The molecule has 0 bridgehead atoms. The van der Waals surface area contributed by atoms with E-state index in [0.717, 1.165) is 0 Å². The first kappa shape index (κ1) is 35.3. The van der Waals surface area contributed by atoms with E-state index in [1.165, 1.54) is 116 Å². The Hall–Kier alpha value is 3.15. The number of unbranched alkanes of at least 4 members (excludes halogenated alkanes) is 15. The van der Waals surface area contributed by atoms with Crippen molar-refractivity contribution in [3.8, 4) is 0 Å². The van der Waals surface area contributed by atoms with Crippen molar-refractivity contribution in [3.63, 3.8) is 0 Å². The van der Waals surface area contributed by atoms with Crippen molar-refractivity contribution in [3.05, 3.63) is 0 Å². The molecule has 0 atom stereocenters. The number of hydrogen-bond donors (Lipinski definition) is 0. The quantitative estimate of drug-likeness (QED) is 0.0616. The van der Waals surface area contributed by atoms with Crippen LogP contribution in [0.4, 0.5) is 0 Å². The fraction of sp³-hybridized carbons (Fsp3) is 1.00. The van der Waals surface area contributed by atoms with E-state index in [-0.39, 0.29) is 0 Å². The van der Waals surface area contributed by atoms with E-state index in [1.54, 1.807) is 18.5 Å². The Bertz CT molecular complexity index is 270. The summed E-state index contributed by atoms with van der Waals surface area (Å²) in [6.45, 7) is 6.96. The van der Waals surface area contributed by atoms with E-state index >= 15 is 0 Å². The second-order valence-electron chi connectivity index (χ2n) is 8.57. The van der Waals surface area contributed by atoms with Gasteiger partial charge in [0, 0.05) is 0 Å². The van der Waals surface area contributed by atoms with Gasteiger partial charge in [0.25, 0.3) is 0 Å². The monoisotopic (exact) mass is 806 g/mol. The summed E-state index contributed by atoms with van der Waals surface area (Å²) in [5, 5.41) is 0. The Morgan fingerprint density at radius 3 is 0.833 bits per heavy atom. The van der Waals surface area contributed by atoms with E-state index in [4.69, 9.17) is 0 Å². The first-order chi connectivity index (χ1) is 14.3. The molecule has 0 unspecified atom stereocenters. The minimum atomic E-state index is -1.93. The maximum atomic E-state index is 3.34. The van der Waals surface area contributed by atoms with Crippen molar-refractivity contribution in [2.45, 2.75) is 136 Å². The molecule has 0 aliphatic heterocycles. The van der Waals surface area contributed by atoms with Gasteiger partial charge < -0.3 is 0 Å². The Labute approximate surface area is 220 Å². The minimum absolute atomic E-state index is 0.366. The van der Waals surface area contributed by atoms with E-state index in [1.807, 2.05) is 0 Å². The molecule has 0 spiro atoms. The van der Waals surface area contributed by atoms with E-state index in [0.29, 0.717) is 7.92 Å². The van der Waals surface area contributed by atoms with Crippen molar-refractivity contribution < 1.29 is 0 Å². The normalized spacial score (nSPS) is 11.6. The summed E-state index contributed by atoms with van der Waals surface area (Å²) in [6.07, 6.45) is 31.2. The summed E-state index contributed by atoms with van der Waals surface area (Å²) in [5.74, 6) is 0. The zero-order chi connectivity index (χ0) is 22.9. The molecule has 0 heterocycles. The molecule has 0 nitrogen and oxygen atoms in total. The van der Waals surface area contributed by atoms with Crippen LogP contribution >= 0.6 is 58.7 Å². The summed E-state index contributed by atoms with van der Waals surface area (Å²) >= 11 is 13.3. The SMILES string of the molecule is CCCCCCCCP(CCCCCCCC)CCCCCCCC.[Br][Sn]([Br])([Br])[Br]. The molecule has 0 rings (SSSR count). The summed E-state index contributed by atoms with van der Waals surface area (Å²) in [7, 11) is -1.56. The van der Waals surface area contributed by atoms with Crippen molar-refractivity contribution >= 4 is 68.2 Å². The first-order valence-corrected chi connectivity index (χ1v) is 40.3. The third kappa shape index (κ3) is 38.4. The third-order valence-electron chi connectivity index (χ3n) is 5.48. The van der Waals surface area contributed by atoms with Gasteiger partial charge in [-0.05, 0) is 37.7 Å². The number of rotatable bonds is 21. The van der Waals surface area contributed by atoms with Crippen LogP contribution in [-0.2, 0) is 0 Å². The van der Waals surface area contributed by atoms with Gasteiger partial charge in [0.15, 0.2) is 0 Å². The van der Waals surface area contributed by atoms with Gasteiger partial charge >= 0.3 is 60.3 Å². The van der Waals surface area contributed by atoms with Crippen LogP contribution in [0.15, 0.2) is 0 Å². The van der Waals surface area contributed by atoms with Crippen molar-refractivity contribution in [2.24, 2.45) is 0 Å². The molecule has 6 heteroatoms. The second-order valence-corrected chi connectivity index (χ2v) is 88.5. The Morgan fingerprint density at radius 1 is 0.400 bits per heavy atom. The average molecular weight is 809 g/mol.